The van der Waals surface area contributed by atoms with E-state index in [1.807, 2.05) is 0 Å². The molecule has 0 saturated carbocycles. The summed E-state index contributed by atoms with van der Waals surface area (Å²) in [5.74, 6) is 1.04. The summed E-state index contributed by atoms with van der Waals surface area (Å²) in [7, 11) is 0. The molecule has 1 aromatic carbocycles. The molecule has 6 nitrogen and oxygen atoms in total. The average molecular weight is 268 g/mol. The van der Waals surface area contributed by atoms with Gasteiger partial charge in [-0.2, -0.15) is 0 Å². The molecule has 0 fully saturated rings. The van der Waals surface area contributed by atoms with Crippen LogP contribution in [0.4, 0.5) is 5.69 Å². The Hall–Kier alpha value is -1.66. The Morgan fingerprint density at radius 1 is 1.32 bits per heavy atom. The number of benzene rings is 1. The molecule has 0 aliphatic rings. The van der Waals surface area contributed by atoms with Gasteiger partial charge in [0.2, 0.25) is 0 Å². The third kappa shape index (κ3) is 6.17. The summed E-state index contributed by atoms with van der Waals surface area (Å²) in [6, 6.07) is 5.79. The highest BCUT2D eigenvalue weighted by Gasteiger charge is 2.07. The van der Waals surface area contributed by atoms with Gasteiger partial charge in [-0.05, 0) is 24.6 Å². The number of hydrogen-bond acceptors (Lipinski definition) is 5. The van der Waals surface area contributed by atoms with Gasteiger partial charge in [0, 0.05) is 18.7 Å². The number of ether oxygens (including phenoxy) is 1. The molecule has 0 aliphatic carbocycles. The van der Waals surface area contributed by atoms with E-state index in [9.17, 15) is 15.2 Å². The van der Waals surface area contributed by atoms with Crippen LogP contribution in [0.3, 0.4) is 0 Å². The van der Waals surface area contributed by atoms with Gasteiger partial charge in [0.25, 0.3) is 5.69 Å². The summed E-state index contributed by atoms with van der Waals surface area (Å²) in [6.07, 6.45) is -0.603. The van der Waals surface area contributed by atoms with Crippen molar-refractivity contribution in [2.75, 3.05) is 19.7 Å². The van der Waals surface area contributed by atoms with Gasteiger partial charge in [0.05, 0.1) is 4.92 Å². The Balaban J connectivity index is 2.29. The van der Waals surface area contributed by atoms with E-state index in [0.717, 1.165) is 6.54 Å². The van der Waals surface area contributed by atoms with Gasteiger partial charge in [0.15, 0.2) is 0 Å². The van der Waals surface area contributed by atoms with Crippen molar-refractivity contribution in [2.24, 2.45) is 5.92 Å². The highest BCUT2D eigenvalue weighted by molar-refractivity contribution is 5.35. The number of non-ortho nitro benzene ring substituents is 1. The Bertz CT molecular complexity index is 392. The van der Waals surface area contributed by atoms with Crippen LogP contribution in [0.25, 0.3) is 0 Å². The largest absolute Gasteiger partial charge is 0.491 e. The number of rotatable bonds is 8. The minimum atomic E-state index is -0.603. The molecule has 0 heterocycles. The molecule has 0 aromatic heterocycles. The molecule has 2 N–H and O–H groups in total. The first kappa shape index (κ1) is 15.4. The molecule has 0 aliphatic heterocycles. The van der Waals surface area contributed by atoms with Crippen molar-refractivity contribution in [3.8, 4) is 5.75 Å². The Morgan fingerprint density at radius 2 is 1.95 bits per heavy atom. The summed E-state index contributed by atoms with van der Waals surface area (Å²) in [5.41, 5.74) is 0.0199. The molecule has 6 heteroatoms. The molecule has 0 saturated heterocycles. The van der Waals surface area contributed by atoms with Gasteiger partial charge in [-0.3, -0.25) is 10.1 Å². The first-order chi connectivity index (χ1) is 8.99. The molecule has 1 rings (SSSR count). The molecule has 106 valence electrons. The summed E-state index contributed by atoms with van der Waals surface area (Å²) in [6.45, 7) is 5.64. The van der Waals surface area contributed by atoms with Crippen molar-refractivity contribution in [1.82, 2.24) is 5.32 Å². The fourth-order valence-electron chi connectivity index (χ4n) is 1.45. The van der Waals surface area contributed by atoms with E-state index in [1.54, 1.807) is 0 Å². The predicted octanol–water partition coefficient (Wildman–Crippen LogP) is 1.58. The van der Waals surface area contributed by atoms with Crippen LogP contribution in [0, 0.1) is 16.0 Å². The zero-order valence-corrected chi connectivity index (χ0v) is 11.2. The Morgan fingerprint density at radius 3 is 2.47 bits per heavy atom. The van der Waals surface area contributed by atoms with E-state index < -0.39 is 11.0 Å². The van der Waals surface area contributed by atoms with E-state index in [-0.39, 0.29) is 12.3 Å². The van der Waals surface area contributed by atoms with E-state index in [0.29, 0.717) is 18.2 Å². The highest BCUT2D eigenvalue weighted by atomic mass is 16.6. The van der Waals surface area contributed by atoms with Gasteiger partial charge in [-0.25, -0.2) is 0 Å². The molecular formula is C13H20N2O4. The molecular weight excluding hydrogens is 248 g/mol. The van der Waals surface area contributed by atoms with Crippen LogP contribution in [0.1, 0.15) is 13.8 Å². The molecule has 0 amide bonds. The minimum absolute atomic E-state index is 0.0199. The second-order valence-electron chi connectivity index (χ2n) is 4.77. The normalized spacial score (nSPS) is 12.4. The molecule has 0 unspecified atom stereocenters. The smallest absolute Gasteiger partial charge is 0.269 e. The second kappa shape index (κ2) is 7.70. The van der Waals surface area contributed by atoms with Crippen LogP contribution in [0.5, 0.6) is 5.75 Å². The maximum atomic E-state index is 10.5. The Kier molecular flexibility index (Phi) is 6.24. The summed E-state index contributed by atoms with van der Waals surface area (Å²) >= 11 is 0. The predicted molar refractivity (Wildman–Crippen MR) is 72.3 cm³/mol. The van der Waals surface area contributed by atoms with E-state index in [1.165, 1.54) is 24.3 Å². The quantitative estimate of drug-likeness (QED) is 0.552. The fourth-order valence-corrected chi connectivity index (χ4v) is 1.45. The SMILES string of the molecule is CC(C)CNC[C@H](O)COc1ccc([N+](=O)[O-])cc1. The molecule has 0 radical (unpaired) electrons. The first-order valence-corrected chi connectivity index (χ1v) is 6.25. The lowest BCUT2D eigenvalue weighted by atomic mass is 10.2. The van der Waals surface area contributed by atoms with Crippen molar-refractivity contribution in [2.45, 2.75) is 20.0 Å². The number of nitrogens with zero attached hydrogens (tertiary/aromatic N) is 1. The zero-order valence-electron chi connectivity index (χ0n) is 11.2. The van der Waals surface area contributed by atoms with E-state index >= 15 is 0 Å². The number of nitrogens with one attached hydrogen (secondary N) is 1. The van der Waals surface area contributed by atoms with Crippen LogP contribution in [0.2, 0.25) is 0 Å². The van der Waals surface area contributed by atoms with Crippen molar-refractivity contribution in [3.63, 3.8) is 0 Å². The summed E-state index contributed by atoms with van der Waals surface area (Å²) in [4.78, 5) is 10.0. The van der Waals surface area contributed by atoms with Crippen LogP contribution >= 0.6 is 0 Å². The maximum Gasteiger partial charge on any atom is 0.269 e. The average Bonchev–Trinajstić information content (AvgIpc) is 2.36. The van der Waals surface area contributed by atoms with Gasteiger partial charge in [-0.1, -0.05) is 13.8 Å². The van der Waals surface area contributed by atoms with Crippen LogP contribution in [-0.4, -0.2) is 35.8 Å². The van der Waals surface area contributed by atoms with Crippen molar-refractivity contribution in [3.05, 3.63) is 34.4 Å². The maximum absolute atomic E-state index is 10.5. The number of hydrogen-bond donors (Lipinski definition) is 2. The Labute approximate surface area is 112 Å². The lowest BCUT2D eigenvalue weighted by Crippen LogP contribution is -2.33. The van der Waals surface area contributed by atoms with Crippen molar-refractivity contribution >= 4 is 5.69 Å². The van der Waals surface area contributed by atoms with E-state index in [2.05, 4.69) is 19.2 Å². The van der Waals surface area contributed by atoms with Gasteiger partial charge >= 0.3 is 0 Å². The molecule has 19 heavy (non-hydrogen) atoms. The second-order valence-corrected chi connectivity index (χ2v) is 4.77. The van der Waals surface area contributed by atoms with Crippen LogP contribution < -0.4 is 10.1 Å². The lowest BCUT2D eigenvalue weighted by Gasteiger charge is -2.14. The summed E-state index contributed by atoms with van der Waals surface area (Å²) < 4.78 is 5.35. The molecule has 1 atom stereocenters. The number of aliphatic hydroxyl groups excluding tert-OH is 1. The third-order valence-corrected chi connectivity index (χ3v) is 2.42. The molecule has 1 aromatic rings. The van der Waals surface area contributed by atoms with Gasteiger partial charge < -0.3 is 15.2 Å². The standard InChI is InChI=1S/C13H20N2O4/c1-10(2)7-14-8-12(16)9-19-13-5-3-11(4-6-13)15(17)18/h3-6,10,12,14,16H,7-9H2,1-2H3/t12-/m0/s1. The van der Waals surface area contributed by atoms with Gasteiger partial charge in [-0.15, -0.1) is 0 Å². The lowest BCUT2D eigenvalue weighted by molar-refractivity contribution is -0.384. The van der Waals surface area contributed by atoms with Gasteiger partial charge in [0.1, 0.15) is 18.5 Å². The third-order valence-electron chi connectivity index (χ3n) is 2.42. The minimum Gasteiger partial charge on any atom is -0.491 e. The molecule has 0 bridgehead atoms. The van der Waals surface area contributed by atoms with Crippen molar-refractivity contribution in [1.29, 1.82) is 0 Å². The van der Waals surface area contributed by atoms with Crippen molar-refractivity contribution < 1.29 is 14.8 Å². The van der Waals surface area contributed by atoms with Crippen LogP contribution in [-0.2, 0) is 0 Å². The monoisotopic (exact) mass is 268 g/mol. The first-order valence-electron chi connectivity index (χ1n) is 6.25. The number of nitro benzene ring substituents is 1. The highest BCUT2D eigenvalue weighted by Crippen LogP contribution is 2.17. The van der Waals surface area contributed by atoms with Crippen LogP contribution in [0.15, 0.2) is 24.3 Å². The summed E-state index contributed by atoms with van der Waals surface area (Å²) in [5, 5.41) is 23.3. The number of nitro groups is 1. The fraction of sp³-hybridized carbons (Fsp3) is 0.538. The zero-order chi connectivity index (χ0) is 14.3. The van der Waals surface area contributed by atoms with E-state index in [4.69, 9.17) is 4.74 Å². The topological polar surface area (TPSA) is 84.6 Å². The number of aliphatic hydroxyl groups is 1. The molecule has 0 spiro atoms.